The maximum atomic E-state index is 11.1. The lowest BCUT2D eigenvalue weighted by Gasteiger charge is -2.14. The number of carbonyl (C=O) groups excluding carboxylic acids is 1. The first-order chi connectivity index (χ1) is 7.33. The molecule has 1 aromatic rings. The van der Waals surface area contributed by atoms with Gasteiger partial charge in [-0.3, -0.25) is 9.79 Å². The Bertz CT molecular complexity index is 611. The number of carbonyl (C=O) groups is 1. The van der Waals surface area contributed by atoms with Gasteiger partial charge in [-0.05, 0) is 22.6 Å². The van der Waals surface area contributed by atoms with E-state index in [1.165, 1.54) is 6.21 Å². The van der Waals surface area contributed by atoms with Gasteiger partial charge in [0.05, 0.1) is 11.9 Å². The lowest BCUT2D eigenvalue weighted by Crippen LogP contribution is -2.36. The Morgan fingerprint density at radius 3 is 2.80 bits per heavy atom. The molecule has 2 aliphatic rings. The van der Waals surface area contributed by atoms with Crippen molar-refractivity contribution in [2.45, 2.75) is 6.04 Å². The van der Waals surface area contributed by atoms with Crippen molar-refractivity contribution in [3.05, 3.63) is 34.7 Å². The van der Waals surface area contributed by atoms with E-state index in [1.807, 2.05) is 36.4 Å². The molecule has 1 aliphatic carbocycles. The summed E-state index contributed by atoms with van der Waals surface area (Å²) in [6.45, 7) is 0. The molecule has 0 bridgehead atoms. The van der Waals surface area contributed by atoms with Crippen LogP contribution in [0, 0.1) is 0 Å². The molecule has 1 unspecified atom stereocenters. The van der Waals surface area contributed by atoms with Crippen LogP contribution in [-0.2, 0) is 4.79 Å². The summed E-state index contributed by atoms with van der Waals surface area (Å²) >= 11 is 0. The van der Waals surface area contributed by atoms with Crippen molar-refractivity contribution in [1.29, 1.82) is 0 Å². The number of hydrogen-bond donors (Lipinski definition) is 0. The Kier molecular flexibility index (Phi) is 1.65. The first-order valence-corrected chi connectivity index (χ1v) is 4.77. The molecule has 1 atom stereocenters. The number of amides is 1. The van der Waals surface area contributed by atoms with Gasteiger partial charge in [0.25, 0.3) is 5.91 Å². The Balaban J connectivity index is 2.29. The molecule has 0 N–H and O–H groups in total. The summed E-state index contributed by atoms with van der Waals surface area (Å²) in [7, 11) is 0. The van der Waals surface area contributed by atoms with Crippen molar-refractivity contribution in [2.75, 3.05) is 0 Å². The van der Waals surface area contributed by atoms with Gasteiger partial charge in [0.2, 0.25) is 0 Å². The minimum absolute atomic E-state index is 0.0856. The van der Waals surface area contributed by atoms with Crippen molar-refractivity contribution in [3.8, 4) is 0 Å². The Hall–Kier alpha value is -2.03. The first-order valence-electron chi connectivity index (χ1n) is 4.77. The van der Waals surface area contributed by atoms with E-state index in [2.05, 4.69) is 9.98 Å². The molecule has 0 saturated carbocycles. The molecule has 1 heterocycles. The minimum Gasteiger partial charge on any atom is -0.273 e. The number of nitrogens with zero attached hydrogens (tertiary/aromatic N) is 2. The molecule has 0 fully saturated rings. The summed E-state index contributed by atoms with van der Waals surface area (Å²) in [5.41, 5.74) is 0.737. The summed E-state index contributed by atoms with van der Waals surface area (Å²) in [4.78, 5) is 19.1. The van der Waals surface area contributed by atoms with Crippen molar-refractivity contribution in [3.63, 3.8) is 0 Å². The molecule has 1 aromatic carbocycles. The van der Waals surface area contributed by atoms with Gasteiger partial charge >= 0.3 is 0 Å². The van der Waals surface area contributed by atoms with E-state index in [1.54, 1.807) is 0 Å². The maximum absolute atomic E-state index is 11.1. The van der Waals surface area contributed by atoms with Crippen molar-refractivity contribution < 1.29 is 4.79 Å². The van der Waals surface area contributed by atoms with Crippen LogP contribution in [-0.4, -0.2) is 23.9 Å². The zero-order valence-electron chi connectivity index (χ0n) is 7.92. The van der Waals surface area contributed by atoms with Crippen LogP contribution >= 0.6 is 0 Å². The minimum atomic E-state index is -0.273. The topological polar surface area (TPSA) is 41.8 Å². The smallest absolute Gasteiger partial charge is 0.273 e. The number of rotatable bonds is 0. The second kappa shape index (κ2) is 2.98. The van der Waals surface area contributed by atoms with E-state index in [0.29, 0.717) is 0 Å². The number of aliphatic imine (C=N–C) groups is 2. The largest absolute Gasteiger partial charge is 0.288 e. The molecule has 0 aromatic heterocycles. The second-order valence-electron chi connectivity index (χ2n) is 3.54. The van der Waals surface area contributed by atoms with Crippen LogP contribution in [0.1, 0.15) is 0 Å². The quantitative estimate of drug-likeness (QED) is 0.560. The SMILES string of the molecule is O=C1C=NC2C=c3ccccc3=CC2=N1. The number of hydrogen-bond acceptors (Lipinski definition) is 2. The highest BCUT2D eigenvalue weighted by Gasteiger charge is 2.17. The lowest BCUT2D eigenvalue weighted by molar-refractivity contribution is -0.111. The average Bonchev–Trinajstić information content (AvgIpc) is 2.26. The predicted octanol–water partition coefficient (Wildman–Crippen LogP) is -0.318. The van der Waals surface area contributed by atoms with Gasteiger partial charge in [-0.1, -0.05) is 24.3 Å². The van der Waals surface area contributed by atoms with Crippen LogP contribution < -0.4 is 10.4 Å². The third-order valence-corrected chi connectivity index (χ3v) is 2.52. The highest BCUT2D eigenvalue weighted by molar-refractivity contribution is 6.35. The average molecular weight is 196 g/mol. The fourth-order valence-electron chi connectivity index (χ4n) is 1.81. The van der Waals surface area contributed by atoms with Crippen LogP contribution in [0.25, 0.3) is 12.2 Å². The van der Waals surface area contributed by atoms with Crippen LogP contribution in [0.15, 0.2) is 34.3 Å². The van der Waals surface area contributed by atoms with Crippen LogP contribution in [0.3, 0.4) is 0 Å². The number of fused-ring (bicyclic) bond motifs is 2. The fraction of sp³-hybridized carbons (Fsp3) is 0.0833. The zero-order valence-corrected chi connectivity index (χ0v) is 7.92. The van der Waals surface area contributed by atoms with E-state index in [9.17, 15) is 4.79 Å². The molecule has 0 radical (unpaired) electrons. The predicted molar refractivity (Wildman–Crippen MR) is 59.3 cm³/mol. The maximum Gasteiger partial charge on any atom is 0.288 e. The van der Waals surface area contributed by atoms with Crippen molar-refractivity contribution in [2.24, 2.45) is 9.98 Å². The molecule has 3 heteroatoms. The normalized spacial score (nSPS) is 22.0. The molecule has 3 rings (SSSR count). The Morgan fingerprint density at radius 1 is 1.13 bits per heavy atom. The molecule has 0 spiro atoms. The van der Waals surface area contributed by atoms with Gasteiger partial charge in [0.1, 0.15) is 6.04 Å². The van der Waals surface area contributed by atoms with E-state index in [4.69, 9.17) is 0 Å². The van der Waals surface area contributed by atoms with Crippen molar-refractivity contribution in [1.82, 2.24) is 0 Å². The summed E-state index contributed by atoms with van der Waals surface area (Å²) in [5, 5.41) is 2.24. The Labute approximate surface area is 86.2 Å². The first kappa shape index (κ1) is 8.29. The molecule has 72 valence electrons. The van der Waals surface area contributed by atoms with E-state index in [-0.39, 0.29) is 11.9 Å². The standard InChI is InChI=1S/C12H8N2O/c15-12-7-13-10-5-8-3-1-2-4-9(8)6-11(10)14-12/h1-7,10H. The molecule has 1 amide bonds. The second-order valence-corrected chi connectivity index (χ2v) is 3.54. The summed E-state index contributed by atoms with van der Waals surface area (Å²) in [6, 6.07) is 7.92. The summed E-state index contributed by atoms with van der Waals surface area (Å²) < 4.78 is 0. The van der Waals surface area contributed by atoms with Gasteiger partial charge < -0.3 is 0 Å². The highest BCUT2D eigenvalue weighted by Crippen LogP contribution is 2.05. The summed E-state index contributed by atoms with van der Waals surface area (Å²) in [6.07, 6.45) is 5.23. The van der Waals surface area contributed by atoms with Gasteiger partial charge in [-0.2, -0.15) is 0 Å². The van der Waals surface area contributed by atoms with Gasteiger partial charge in [-0.25, -0.2) is 4.99 Å². The monoisotopic (exact) mass is 196 g/mol. The van der Waals surface area contributed by atoms with Gasteiger partial charge in [0.15, 0.2) is 0 Å². The summed E-state index contributed by atoms with van der Waals surface area (Å²) in [5.74, 6) is -0.273. The van der Waals surface area contributed by atoms with E-state index >= 15 is 0 Å². The number of benzene rings is 1. The van der Waals surface area contributed by atoms with Gasteiger partial charge in [0, 0.05) is 0 Å². The van der Waals surface area contributed by atoms with Crippen molar-refractivity contribution >= 4 is 30.0 Å². The molecular weight excluding hydrogens is 188 g/mol. The third-order valence-electron chi connectivity index (χ3n) is 2.52. The molecule has 1 aliphatic heterocycles. The highest BCUT2D eigenvalue weighted by atomic mass is 16.1. The van der Waals surface area contributed by atoms with E-state index < -0.39 is 0 Å². The van der Waals surface area contributed by atoms with Gasteiger partial charge in [-0.15, -0.1) is 0 Å². The third kappa shape index (κ3) is 1.32. The van der Waals surface area contributed by atoms with E-state index in [0.717, 1.165) is 16.1 Å². The van der Waals surface area contributed by atoms with Crippen LogP contribution in [0.5, 0.6) is 0 Å². The molecule has 15 heavy (non-hydrogen) atoms. The Morgan fingerprint density at radius 2 is 1.93 bits per heavy atom. The zero-order chi connectivity index (χ0) is 10.3. The van der Waals surface area contributed by atoms with Crippen LogP contribution in [0.4, 0.5) is 0 Å². The fourth-order valence-corrected chi connectivity index (χ4v) is 1.81. The molecule has 3 nitrogen and oxygen atoms in total. The lowest BCUT2D eigenvalue weighted by atomic mass is 10.0. The van der Waals surface area contributed by atoms with Crippen LogP contribution in [0.2, 0.25) is 0 Å². The molecule has 0 saturated heterocycles. The molecular formula is C12H8N2O.